The Kier molecular flexibility index (Phi) is 2.46. The molecule has 0 aromatic heterocycles. The van der Waals surface area contributed by atoms with Gasteiger partial charge in [0.05, 0.1) is 5.56 Å². The predicted molar refractivity (Wildman–Crippen MR) is 49.4 cm³/mol. The van der Waals surface area contributed by atoms with E-state index in [-0.39, 0.29) is 18.4 Å². The summed E-state index contributed by atoms with van der Waals surface area (Å²) in [5.41, 5.74) is -0.241. The van der Waals surface area contributed by atoms with Crippen LogP contribution in [0.3, 0.4) is 0 Å². The molecule has 2 atom stereocenters. The first-order chi connectivity index (χ1) is 7.04. The van der Waals surface area contributed by atoms with Gasteiger partial charge in [0.15, 0.2) is 0 Å². The molecule has 1 aromatic carbocycles. The highest BCUT2D eigenvalue weighted by Crippen LogP contribution is 2.50. The van der Waals surface area contributed by atoms with Gasteiger partial charge in [-0.15, -0.1) is 0 Å². The second-order valence-corrected chi connectivity index (χ2v) is 3.87. The van der Waals surface area contributed by atoms with Crippen molar-refractivity contribution >= 4 is 0 Å². The fraction of sp³-hybridized carbons (Fsp3) is 0.455. The maximum absolute atomic E-state index is 12.6. The lowest BCUT2D eigenvalue weighted by Crippen LogP contribution is -2.08. The van der Waals surface area contributed by atoms with Gasteiger partial charge in [0.25, 0.3) is 0 Å². The van der Waals surface area contributed by atoms with E-state index in [0.717, 1.165) is 6.07 Å². The summed E-state index contributed by atoms with van der Waals surface area (Å²) < 4.78 is 37.8. The van der Waals surface area contributed by atoms with Gasteiger partial charge < -0.3 is 5.11 Å². The first-order valence-electron chi connectivity index (χ1n) is 4.81. The van der Waals surface area contributed by atoms with Crippen molar-refractivity contribution in [3.63, 3.8) is 0 Å². The highest BCUT2D eigenvalue weighted by Gasteiger charge is 2.43. The molecule has 0 saturated heterocycles. The predicted octanol–water partition coefficient (Wildman–Crippen LogP) is 2.80. The van der Waals surface area contributed by atoms with E-state index < -0.39 is 11.7 Å². The lowest BCUT2D eigenvalue weighted by Gasteiger charge is -2.12. The third-order valence-electron chi connectivity index (χ3n) is 2.82. The minimum Gasteiger partial charge on any atom is -0.396 e. The third kappa shape index (κ3) is 2.00. The number of alkyl halides is 3. The highest BCUT2D eigenvalue weighted by atomic mass is 19.4. The number of hydrogen-bond acceptors (Lipinski definition) is 1. The van der Waals surface area contributed by atoms with Gasteiger partial charge in [-0.1, -0.05) is 18.2 Å². The van der Waals surface area contributed by atoms with Crippen molar-refractivity contribution in [1.82, 2.24) is 0 Å². The van der Waals surface area contributed by atoms with Crippen molar-refractivity contribution in [1.29, 1.82) is 0 Å². The minimum atomic E-state index is -4.29. The Labute approximate surface area is 85.5 Å². The summed E-state index contributed by atoms with van der Waals surface area (Å²) in [6.07, 6.45) is -3.64. The van der Waals surface area contributed by atoms with Crippen LogP contribution in [-0.4, -0.2) is 11.7 Å². The lowest BCUT2D eigenvalue weighted by atomic mass is 10.0. The molecule has 0 amide bonds. The molecular formula is C11H11F3O. The molecule has 4 heteroatoms. The van der Waals surface area contributed by atoms with E-state index in [4.69, 9.17) is 5.11 Å². The van der Waals surface area contributed by atoms with Crippen LogP contribution in [0.5, 0.6) is 0 Å². The van der Waals surface area contributed by atoms with Crippen molar-refractivity contribution in [2.24, 2.45) is 5.92 Å². The van der Waals surface area contributed by atoms with Crippen molar-refractivity contribution in [3.8, 4) is 0 Å². The molecule has 1 N–H and O–H groups in total. The van der Waals surface area contributed by atoms with Crippen LogP contribution in [0.15, 0.2) is 24.3 Å². The van der Waals surface area contributed by atoms with Crippen LogP contribution in [-0.2, 0) is 6.18 Å². The van der Waals surface area contributed by atoms with E-state index in [1.165, 1.54) is 12.1 Å². The number of rotatable bonds is 2. The fourth-order valence-corrected chi connectivity index (χ4v) is 1.91. The van der Waals surface area contributed by atoms with Crippen LogP contribution >= 0.6 is 0 Å². The maximum atomic E-state index is 12.6. The van der Waals surface area contributed by atoms with Crippen LogP contribution in [0.25, 0.3) is 0 Å². The Morgan fingerprint density at radius 3 is 2.47 bits per heavy atom. The summed E-state index contributed by atoms with van der Waals surface area (Å²) in [5.74, 6) is -0.110. The second-order valence-electron chi connectivity index (χ2n) is 3.87. The van der Waals surface area contributed by atoms with Crippen LogP contribution < -0.4 is 0 Å². The number of hydrogen-bond donors (Lipinski definition) is 1. The smallest absolute Gasteiger partial charge is 0.396 e. The van der Waals surface area contributed by atoms with Crippen LogP contribution in [0.1, 0.15) is 23.5 Å². The van der Waals surface area contributed by atoms with Crippen molar-refractivity contribution in [2.45, 2.75) is 18.5 Å². The average molecular weight is 216 g/mol. The molecule has 82 valence electrons. The maximum Gasteiger partial charge on any atom is 0.416 e. The zero-order chi connectivity index (χ0) is 11.1. The Morgan fingerprint density at radius 2 is 1.93 bits per heavy atom. The van der Waals surface area contributed by atoms with Crippen LogP contribution in [0.4, 0.5) is 13.2 Å². The van der Waals surface area contributed by atoms with Crippen molar-refractivity contribution in [3.05, 3.63) is 35.4 Å². The summed E-state index contributed by atoms with van der Waals surface area (Å²) in [5, 5.41) is 8.85. The average Bonchev–Trinajstić information content (AvgIpc) is 2.95. The van der Waals surface area contributed by atoms with Crippen molar-refractivity contribution < 1.29 is 18.3 Å². The first kappa shape index (κ1) is 10.5. The van der Waals surface area contributed by atoms with Gasteiger partial charge in [-0.3, -0.25) is 0 Å². The summed E-state index contributed by atoms with van der Waals surface area (Å²) in [6.45, 7) is -0.0309. The van der Waals surface area contributed by atoms with Gasteiger partial charge in [0.1, 0.15) is 0 Å². The number of halogens is 3. The molecule has 0 unspecified atom stereocenters. The Hall–Kier alpha value is -1.03. The Bertz CT molecular complexity index is 359. The molecule has 15 heavy (non-hydrogen) atoms. The van der Waals surface area contributed by atoms with E-state index in [9.17, 15) is 13.2 Å². The largest absolute Gasteiger partial charge is 0.416 e. The molecule has 0 heterocycles. The van der Waals surface area contributed by atoms with E-state index in [2.05, 4.69) is 0 Å². The second kappa shape index (κ2) is 3.52. The molecule has 2 rings (SSSR count). The molecule has 1 nitrogen and oxygen atoms in total. The molecule has 1 fully saturated rings. The summed E-state index contributed by atoms with van der Waals surface area (Å²) >= 11 is 0. The Morgan fingerprint density at radius 1 is 1.27 bits per heavy atom. The SMILES string of the molecule is OC[C@@H]1C[C@@H]1c1ccccc1C(F)(F)F. The molecule has 0 bridgehead atoms. The molecule has 0 spiro atoms. The van der Waals surface area contributed by atoms with Gasteiger partial charge in [-0.05, 0) is 29.9 Å². The highest BCUT2D eigenvalue weighted by molar-refractivity contribution is 5.36. The van der Waals surface area contributed by atoms with Crippen LogP contribution in [0, 0.1) is 5.92 Å². The summed E-state index contributed by atoms with van der Waals surface area (Å²) in [7, 11) is 0. The van der Waals surface area contributed by atoms with Crippen molar-refractivity contribution in [2.75, 3.05) is 6.61 Å². The standard InChI is InChI=1S/C11H11F3O/c12-11(13,14)10-4-2-1-3-8(10)9-5-7(9)6-15/h1-4,7,9,15H,5-6H2/t7-,9-/m0/s1. The molecule has 1 saturated carbocycles. The lowest BCUT2D eigenvalue weighted by molar-refractivity contribution is -0.138. The molecule has 0 aliphatic heterocycles. The molecule has 1 aliphatic carbocycles. The quantitative estimate of drug-likeness (QED) is 0.805. The molecule has 0 radical (unpaired) electrons. The molecule has 1 aliphatic rings. The third-order valence-corrected chi connectivity index (χ3v) is 2.82. The zero-order valence-electron chi connectivity index (χ0n) is 7.96. The van der Waals surface area contributed by atoms with E-state index in [0.29, 0.717) is 12.0 Å². The molecule has 1 aromatic rings. The number of aliphatic hydroxyl groups excluding tert-OH is 1. The molecular weight excluding hydrogens is 205 g/mol. The zero-order valence-corrected chi connectivity index (χ0v) is 7.96. The Balaban J connectivity index is 2.32. The number of aliphatic hydroxyl groups is 1. The van der Waals surface area contributed by atoms with E-state index in [1.807, 2.05) is 0 Å². The van der Waals surface area contributed by atoms with Gasteiger partial charge in [0.2, 0.25) is 0 Å². The topological polar surface area (TPSA) is 20.2 Å². The van der Waals surface area contributed by atoms with Crippen LogP contribution in [0.2, 0.25) is 0 Å². The summed E-state index contributed by atoms with van der Waals surface area (Å²) in [6, 6.07) is 5.60. The summed E-state index contributed by atoms with van der Waals surface area (Å²) in [4.78, 5) is 0. The monoisotopic (exact) mass is 216 g/mol. The van der Waals surface area contributed by atoms with Gasteiger partial charge >= 0.3 is 6.18 Å². The van der Waals surface area contributed by atoms with Gasteiger partial charge in [-0.25, -0.2) is 0 Å². The normalized spacial score (nSPS) is 25.3. The van der Waals surface area contributed by atoms with Gasteiger partial charge in [-0.2, -0.15) is 13.2 Å². The fourth-order valence-electron chi connectivity index (χ4n) is 1.91. The first-order valence-corrected chi connectivity index (χ1v) is 4.81. The minimum absolute atomic E-state index is 0.00787. The van der Waals surface area contributed by atoms with E-state index >= 15 is 0 Å². The van der Waals surface area contributed by atoms with Gasteiger partial charge in [0, 0.05) is 6.61 Å². The van der Waals surface area contributed by atoms with E-state index in [1.54, 1.807) is 6.07 Å². The number of benzene rings is 1.